The van der Waals surface area contributed by atoms with Gasteiger partial charge in [-0.05, 0) is 6.92 Å². The van der Waals surface area contributed by atoms with E-state index < -0.39 is 11.6 Å². The molecule has 112 valence electrons. The molecule has 0 unspecified atom stereocenters. The van der Waals surface area contributed by atoms with Crippen molar-refractivity contribution in [2.45, 2.75) is 45.3 Å². The Morgan fingerprint density at radius 3 is 2.65 bits per heavy atom. The summed E-state index contributed by atoms with van der Waals surface area (Å²) in [5.41, 5.74) is -0.527. The zero-order valence-corrected chi connectivity index (χ0v) is 12.3. The fourth-order valence-corrected chi connectivity index (χ4v) is 2.15. The first-order valence-electron chi connectivity index (χ1n) is 6.59. The van der Waals surface area contributed by atoms with E-state index in [1.807, 2.05) is 27.7 Å². The van der Waals surface area contributed by atoms with Crippen LogP contribution in [-0.2, 0) is 21.5 Å². The number of likely N-dealkylation sites (tertiary alicyclic amines) is 1. The highest BCUT2D eigenvalue weighted by Gasteiger charge is 2.40. The number of aliphatic carboxylic acids is 1. The lowest BCUT2D eigenvalue weighted by Crippen LogP contribution is -2.61. The van der Waals surface area contributed by atoms with E-state index in [1.165, 1.54) is 0 Å². The molecule has 0 aliphatic carbocycles. The molecule has 1 aliphatic heterocycles. The van der Waals surface area contributed by atoms with Crippen molar-refractivity contribution in [3.63, 3.8) is 0 Å². The first-order chi connectivity index (χ1) is 9.18. The third kappa shape index (κ3) is 3.55. The first kappa shape index (κ1) is 14.9. The number of hydrogen-bond acceptors (Lipinski definition) is 6. The molecule has 1 aromatic rings. The van der Waals surface area contributed by atoms with Gasteiger partial charge < -0.3 is 14.4 Å². The van der Waals surface area contributed by atoms with Gasteiger partial charge in [-0.15, -0.1) is 0 Å². The Morgan fingerprint density at radius 2 is 2.15 bits per heavy atom. The van der Waals surface area contributed by atoms with Crippen LogP contribution in [0.4, 0.5) is 0 Å². The lowest BCUT2D eigenvalue weighted by atomic mass is 9.96. The Hall–Kier alpha value is -1.47. The minimum Gasteiger partial charge on any atom is -0.480 e. The van der Waals surface area contributed by atoms with Crippen LogP contribution in [0.25, 0.3) is 0 Å². The van der Waals surface area contributed by atoms with E-state index in [4.69, 9.17) is 14.4 Å². The van der Waals surface area contributed by atoms with Crippen molar-refractivity contribution in [3.8, 4) is 0 Å². The molecule has 0 saturated carbocycles. The minimum absolute atomic E-state index is 0.129. The highest BCUT2D eigenvalue weighted by atomic mass is 16.5. The molecule has 0 radical (unpaired) electrons. The molecule has 0 spiro atoms. The fraction of sp³-hybridized carbons (Fsp3) is 0.769. The van der Waals surface area contributed by atoms with Gasteiger partial charge in [0.2, 0.25) is 5.89 Å². The number of carboxylic acids is 1. The Labute approximate surface area is 117 Å². The Kier molecular flexibility index (Phi) is 3.84. The molecule has 1 fully saturated rings. The summed E-state index contributed by atoms with van der Waals surface area (Å²) in [7, 11) is 0. The summed E-state index contributed by atoms with van der Waals surface area (Å²) in [6.07, 6.45) is 0. The number of ether oxygens (including phenoxy) is 1. The molecule has 1 N–H and O–H groups in total. The SMILES string of the molecule is CC1(OCC(=O)O)CN(Cc2nc(C(C)(C)C)no2)C1. The summed E-state index contributed by atoms with van der Waals surface area (Å²) in [6.45, 7) is 9.61. The number of rotatable bonds is 5. The molecule has 1 saturated heterocycles. The van der Waals surface area contributed by atoms with E-state index in [0.29, 0.717) is 31.3 Å². The predicted octanol–water partition coefficient (Wildman–Crippen LogP) is 1.04. The van der Waals surface area contributed by atoms with Crippen LogP contribution in [0.5, 0.6) is 0 Å². The summed E-state index contributed by atoms with van der Waals surface area (Å²) >= 11 is 0. The second-order valence-corrected chi connectivity index (χ2v) is 6.54. The van der Waals surface area contributed by atoms with Gasteiger partial charge in [-0.25, -0.2) is 4.79 Å². The van der Waals surface area contributed by atoms with Crippen molar-refractivity contribution in [3.05, 3.63) is 11.7 Å². The molecule has 0 bridgehead atoms. The van der Waals surface area contributed by atoms with Gasteiger partial charge in [0.25, 0.3) is 0 Å². The summed E-state index contributed by atoms with van der Waals surface area (Å²) in [4.78, 5) is 16.9. The predicted molar refractivity (Wildman–Crippen MR) is 70.3 cm³/mol. The van der Waals surface area contributed by atoms with Gasteiger partial charge >= 0.3 is 5.97 Å². The second kappa shape index (κ2) is 5.14. The number of nitrogens with zero attached hydrogens (tertiary/aromatic N) is 3. The zero-order chi connectivity index (χ0) is 15.0. The van der Waals surface area contributed by atoms with Crippen molar-refractivity contribution < 1.29 is 19.2 Å². The Bertz CT molecular complexity index is 486. The third-order valence-corrected chi connectivity index (χ3v) is 3.16. The zero-order valence-electron chi connectivity index (χ0n) is 12.3. The molecule has 0 amide bonds. The van der Waals surface area contributed by atoms with Crippen LogP contribution in [0.2, 0.25) is 0 Å². The third-order valence-electron chi connectivity index (χ3n) is 3.16. The molecule has 7 nitrogen and oxygen atoms in total. The van der Waals surface area contributed by atoms with Crippen LogP contribution < -0.4 is 0 Å². The number of aromatic nitrogens is 2. The minimum atomic E-state index is -0.948. The van der Waals surface area contributed by atoms with E-state index in [-0.39, 0.29) is 12.0 Å². The van der Waals surface area contributed by atoms with Crippen LogP contribution in [0, 0.1) is 0 Å². The monoisotopic (exact) mass is 283 g/mol. The maximum absolute atomic E-state index is 10.5. The van der Waals surface area contributed by atoms with Crippen LogP contribution in [0.15, 0.2) is 4.52 Å². The molecular formula is C13H21N3O4. The molecule has 0 aromatic carbocycles. The fourth-order valence-electron chi connectivity index (χ4n) is 2.15. The van der Waals surface area contributed by atoms with Gasteiger partial charge in [-0.1, -0.05) is 25.9 Å². The van der Waals surface area contributed by atoms with Crippen molar-refractivity contribution in [2.75, 3.05) is 19.7 Å². The van der Waals surface area contributed by atoms with E-state index in [9.17, 15) is 4.79 Å². The molecule has 1 aliphatic rings. The van der Waals surface area contributed by atoms with Crippen LogP contribution >= 0.6 is 0 Å². The lowest BCUT2D eigenvalue weighted by molar-refractivity contribution is -0.166. The maximum Gasteiger partial charge on any atom is 0.329 e. The number of carboxylic acid groups (broad SMARTS) is 1. The van der Waals surface area contributed by atoms with E-state index in [1.54, 1.807) is 0 Å². The molecule has 2 rings (SSSR count). The van der Waals surface area contributed by atoms with E-state index in [0.717, 1.165) is 0 Å². The summed E-state index contributed by atoms with van der Waals surface area (Å²) < 4.78 is 10.6. The van der Waals surface area contributed by atoms with Crippen LogP contribution in [-0.4, -0.2) is 51.4 Å². The normalized spacial score (nSPS) is 18.8. The van der Waals surface area contributed by atoms with Crippen molar-refractivity contribution in [1.29, 1.82) is 0 Å². The van der Waals surface area contributed by atoms with Gasteiger partial charge in [-0.2, -0.15) is 4.98 Å². The lowest BCUT2D eigenvalue weighted by Gasteiger charge is -2.46. The van der Waals surface area contributed by atoms with Gasteiger partial charge in [0.05, 0.1) is 12.1 Å². The van der Waals surface area contributed by atoms with Gasteiger partial charge in [-0.3, -0.25) is 4.90 Å². The van der Waals surface area contributed by atoms with Gasteiger partial charge in [0.15, 0.2) is 5.82 Å². The van der Waals surface area contributed by atoms with E-state index >= 15 is 0 Å². The molecule has 20 heavy (non-hydrogen) atoms. The average molecular weight is 283 g/mol. The largest absolute Gasteiger partial charge is 0.480 e. The summed E-state index contributed by atoms with van der Waals surface area (Å²) in [6, 6.07) is 0. The van der Waals surface area contributed by atoms with Crippen LogP contribution in [0.1, 0.15) is 39.4 Å². The smallest absolute Gasteiger partial charge is 0.329 e. The topological polar surface area (TPSA) is 88.7 Å². The van der Waals surface area contributed by atoms with Gasteiger partial charge in [0.1, 0.15) is 6.61 Å². The average Bonchev–Trinajstić information content (AvgIpc) is 2.72. The highest BCUT2D eigenvalue weighted by molar-refractivity contribution is 5.68. The molecule has 1 aromatic heterocycles. The Morgan fingerprint density at radius 1 is 1.50 bits per heavy atom. The molecule has 0 atom stereocenters. The highest BCUT2D eigenvalue weighted by Crippen LogP contribution is 2.26. The Balaban J connectivity index is 1.82. The standard InChI is InChI=1S/C13H21N3O4/c1-12(2,3)11-14-9(20-15-11)5-16-7-13(4,8-16)19-6-10(17)18/h5-8H2,1-4H3,(H,17,18). The van der Waals surface area contributed by atoms with Crippen molar-refractivity contribution in [2.24, 2.45) is 0 Å². The molecule has 2 heterocycles. The number of carbonyl (C=O) groups is 1. The van der Waals surface area contributed by atoms with Crippen LogP contribution in [0.3, 0.4) is 0 Å². The quantitative estimate of drug-likeness (QED) is 0.863. The molecule has 7 heteroatoms. The summed E-state index contributed by atoms with van der Waals surface area (Å²) in [5.74, 6) is 0.324. The number of hydrogen-bond donors (Lipinski definition) is 1. The van der Waals surface area contributed by atoms with Crippen molar-refractivity contribution >= 4 is 5.97 Å². The van der Waals surface area contributed by atoms with Crippen molar-refractivity contribution in [1.82, 2.24) is 15.0 Å². The maximum atomic E-state index is 10.5. The molecular weight excluding hydrogens is 262 g/mol. The first-order valence-corrected chi connectivity index (χ1v) is 6.59. The van der Waals surface area contributed by atoms with Gasteiger partial charge in [0, 0.05) is 18.5 Å². The second-order valence-electron chi connectivity index (χ2n) is 6.54. The van der Waals surface area contributed by atoms with E-state index in [2.05, 4.69) is 15.0 Å². The summed E-state index contributed by atoms with van der Waals surface area (Å²) in [5, 5.41) is 12.6.